The number of hydrogen-bond donors (Lipinski definition) is 1. The van der Waals surface area contributed by atoms with E-state index in [0.717, 1.165) is 24.0 Å². The van der Waals surface area contributed by atoms with Gasteiger partial charge in [0.05, 0.1) is 6.04 Å². The third-order valence-corrected chi connectivity index (χ3v) is 7.03. The molecule has 1 atom stereocenters. The molecule has 0 radical (unpaired) electrons. The SMILES string of the molecule is CCN(CC)C(CNC(=O)c1oc2ccccc2c1CSc1ncccn1)c1ccsc1. The number of aromatic nitrogens is 2. The van der Waals surface area contributed by atoms with E-state index in [1.165, 1.54) is 17.3 Å². The Bertz CT molecular complexity index is 1140. The molecule has 0 saturated carbocycles. The summed E-state index contributed by atoms with van der Waals surface area (Å²) in [4.78, 5) is 24.2. The number of amides is 1. The Morgan fingerprint density at radius 1 is 1.16 bits per heavy atom. The van der Waals surface area contributed by atoms with E-state index < -0.39 is 0 Å². The predicted octanol–water partition coefficient (Wildman–Crippen LogP) is 5.39. The number of carbonyl (C=O) groups excluding carboxylic acids is 1. The van der Waals surface area contributed by atoms with Gasteiger partial charge in [-0.05, 0) is 47.6 Å². The Morgan fingerprint density at radius 3 is 2.66 bits per heavy atom. The van der Waals surface area contributed by atoms with Crippen molar-refractivity contribution < 1.29 is 9.21 Å². The molecular formula is C24H26N4O2S2. The molecule has 0 aliphatic carbocycles. The fourth-order valence-corrected chi connectivity index (χ4v) is 5.32. The first-order valence-corrected chi connectivity index (χ1v) is 12.6. The molecule has 0 fully saturated rings. The number of hydrogen-bond acceptors (Lipinski definition) is 7. The molecule has 0 saturated heterocycles. The second-order valence-electron chi connectivity index (χ2n) is 7.23. The van der Waals surface area contributed by atoms with E-state index in [4.69, 9.17) is 4.42 Å². The molecule has 4 aromatic rings. The van der Waals surface area contributed by atoms with Crippen molar-refractivity contribution in [2.75, 3.05) is 19.6 Å². The first-order chi connectivity index (χ1) is 15.7. The maximum Gasteiger partial charge on any atom is 0.287 e. The monoisotopic (exact) mass is 466 g/mol. The number of thiophene rings is 1. The lowest BCUT2D eigenvalue weighted by molar-refractivity contribution is 0.0908. The van der Waals surface area contributed by atoms with Crippen LogP contribution in [0.1, 0.15) is 41.6 Å². The van der Waals surface area contributed by atoms with Crippen molar-refractivity contribution in [3.63, 3.8) is 0 Å². The van der Waals surface area contributed by atoms with Crippen LogP contribution in [0.4, 0.5) is 0 Å². The first kappa shape index (κ1) is 22.5. The molecule has 1 unspecified atom stereocenters. The summed E-state index contributed by atoms with van der Waals surface area (Å²) in [6.45, 7) is 6.63. The quantitative estimate of drug-likeness (QED) is 0.250. The van der Waals surface area contributed by atoms with Gasteiger partial charge in [-0.2, -0.15) is 11.3 Å². The molecule has 4 rings (SSSR count). The normalized spacial score (nSPS) is 12.3. The molecule has 8 heteroatoms. The number of thioether (sulfide) groups is 1. The lowest BCUT2D eigenvalue weighted by Gasteiger charge is -2.29. The van der Waals surface area contributed by atoms with Crippen LogP contribution in [0.3, 0.4) is 0 Å². The number of furan rings is 1. The Hall–Kier alpha value is -2.68. The summed E-state index contributed by atoms with van der Waals surface area (Å²) in [5.74, 6) is 0.713. The topological polar surface area (TPSA) is 71.3 Å². The second kappa shape index (κ2) is 10.8. The standard InChI is InChI=1S/C24H26N4O2S2/c1-3-28(4-2)20(17-10-13-31-15-17)14-27-23(29)22-19(16-32-24-25-11-7-12-26-24)18-8-5-6-9-21(18)30-22/h5-13,15,20H,3-4,14,16H2,1-2H3,(H,27,29). The Kier molecular flexibility index (Phi) is 7.57. The van der Waals surface area contributed by atoms with Gasteiger partial charge in [0, 0.05) is 35.6 Å². The van der Waals surface area contributed by atoms with Gasteiger partial charge in [0.2, 0.25) is 0 Å². The third kappa shape index (κ3) is 5.03. The summed E-state index contributed by atoms with van der Waals surface area (Å²) in [6, 6.07) is 11.8. The van der Waals surface area contributed by atoms with Gasteiger partial charge in [-0.25, -0.2) is 9.97 Å². The molecule has 3 aromatic heterocycles. The molecule has 3 heterocycles. The number of fused-ring (bicyclic) bond motifs is 1. The van der Waals surface area contributed by atoms with E-state index in [1.54, 1.807) is 29.8 Å². The van der Waals surface area contributed by atoms with E-state index >= 15 is 0 Å². The Labute approximate surface area is 196 Å². The number of likely N-dealkylation sites (N-methyl/N-ethyl adjacent to an activating group) is 1. The maximum atomic E-state index is 13.3. The van der Waals surface area contributed by atoms with Crippen LogP contribution in [0.25, 0.3) is 11.0 Å². The van der Waals surface area contributed by atoms with Gasteiger partial charge in [-0.15, -0.1) is 0 Å². The molecular weight excluding hydrogens is 440 g/mol. The summed E-state index contributed by atoms with van der Waals surface area (Å²) in [5.41, 5.74) is 2.80. The molecule has 1 amide bonds. The molecule has 0 aliphatic rings. The van der Waals surface area contributed by atoms with E-state index in [2.05, 4.69) is 50.9 Å². The second-order valence-corrected chi connectivity index (χ2v) is 8.95. The average Bonchev–Trinajstić information content (AvgIpc) is 3.49. The van der Waals surface area contributed by atoms with Crippen LogP contribution in [0.5, 0.6) is 0 Å². The maximum absolute atomic E-state index is 13.3. The number of para-hydroxylation sites is 1. The average molecular weight is 467 g/mol. The molecule has 0 aliphatic heterocycles. The van der Waals surface area contributed by atoms with Crippen molar-refractivity contribution in [1.29, 1.82) is 0 Å². The smallest absolute Gasteiger partial charge is 0.287 e. The number of rotatable bonds is 10. The summed E-state index contributed by atoms with van der Waals surface area (Å²) >= 11 is 3.16. The van der Waals surface area contributed by atoms with Crippen LogP contribution in [-0.2, 0) is 5.75 Å². The number of nitrogens with zero attached hydrogens (tertiary/aromatic N) is 3. The van der Waals surface area contributed by atoms with Crippen molar-refractivity contribution in [3.8, 4) is 0 Å². The number of nitrogens with one attached hydrogen (secondary N) is 1. The number of carbonyl (C=O) groups is 1. The molecule has 0 spiro atoms. The molecule has 1 N–H and O–H groups in total. The first-order valence-electron chi connectivity index (χ1n) is 10.7. The summed E-state index contributed by atoms with van der Waals surface area (Å²) in [6.07, 6.45) is 3.43. The van der Waals surface area contributed by atoms with Crippen LogP contribution in [-0.4, -0.2) is 40.4 Å². The van der Waals surface area contributed by atoms with Crippen molar-refractivity contribution in [3.05, 3.63) is 76.4 Å². The van der Waals surface area contributed by atoms with Crippen LogP contribution in [0, 0.1) is 0 Å². The molecule has 0 bridgehead atoms. The van der Waals surface area contributed by atoms with E-state index in [-0.39, 0.29) is 11.9 Å². The van der Waals surface area contributed by atoms with E-state index in [0.29, 0.717) is 28.8 Å². The van der Waals surface area contributed by atoms with Crippen molar-refractivity contribution in [1.82, 2.24) is 20.2 Å². The minimum Gasteiger partial charge on any atom is -0.451 e. The predicted molar refractivity (Wildman–Crippen MR) is 130 cm³/mol. The molecule has 166 valence electrons. The Balaban J connectivity index is 1.56. The lowest BCUT2D eigenvalue weighted by Crippen LogP contribution is -2.38. The van der Waals surface area contributed by atoms with Gasteiger partial charge in [0.15, 0.2) is 10.9 Å². The van der Waals surface area contributed by atoms with E-state index in [1.807, 2.05) is 24.3 Å². The van der Waals surface area contributed by atoms with Crippen molar-refractivity contribution >= 4 is 40.0 Å². The highest BCUT2D eigenvalue weighted by Gasteiger charge is 2.24. The van der Waals surface area contributed by atoms with Gasteiger partial charge in [0.1, 0.15) is 5.58 Å². The number of benzene rings is 1. The van der Waals surface area contributed by atoms with Gasteiger partial charge >= 0.3 is 0 Å². The lowest BCUT2D eigenvalue weighted by atomic mass is 10.1. The van der Waals surface area contributed by atoms with E-state index in [9.17, 15) is 4.79 Å². The highest BCUT2D eigenvalue weighted by molar-refractivity contribution is 7.98. The van der Waals surface area contributed by atoms with Crippen LogP contribution >= 0.6 is 23.1 Å². The van der Waals surface area contributed by atoms with Gasteiger partial charge in [0.25, 0.3) is 5.91 Å². The highest BCUT2D eigenvalue weighted by atomic mass is 32.2. The summed E-state index contributed by atoms with van der Waals surface area (Å²) in [7, 11) is 0. The zero-order valence-electron chi connectivity index (χ0n) is 18.2. The fourth-order valence-electron chi connectivity index (χ4n) is 3.78. The zero-order valence-corrected chi connectivity index (χ0v) is 19.8. The van der Waals surface area contributed by atoms with Crippen LogP contribution < -0.4 is 5.32 Å². The van der Waals surface area contributed by atoms with Crippen LogP contribution in [0.2, 0.25) is 0 Å². The van der Waals surface area contributed by atoms with Gasteiger partial charge in [-0.1, -0.05) is 43.8 Å². The summed E-state index contributed by atoms with van der Waals surface area (Å²) in [5, 5.41) is 8.97. The Morgan fingerprint density at radius 2 is 1.94 bits per heavy atom. The fraction of sp³-hybridized carbons (Fsp3) is 0.292. The van der Waals surface area contributed by atoms with Gasteiger partial charge < -0.3 is 9.73 Å². The zero-order chi connectivity index (χ0) is 22.3. The molecule has 1 aromatic carbocycles. The van der Waals surface area contributed by atoms with Crippen molar-refractivity contribution in [2.45, 2.75) is 30.8 Å². The minimum absolute atomic E-state index is 0.125. The molecule has 6 nitrogen and oxygen atoms in total. The van der Waals surface area contributed by atoms with Crippen molar-refractivity contribution in [2.24, 2.45) is 0 Å². The molecule has 32 heavy (non-hydrogen) atoms. The largest absolute Gasteiger partial charge is 0.451 e. The minimum atomic E-state index is -0.196. The van der Waals surface area contributed by atoms with Gasteiger partial charge in [-0.3, -0.25) is 9.69 Å². The highest BCUT2D eigenvalue weighted by Crippen LogP contribution is 2.31. The van der Waals surface area contributed by atoms with Crippen LogP contribution in [0.15, 0.2) is 69.1 Å². The summed E-state index contributed by atoms with van der Waals surface area (Å²) < 4.78 is 6.01. The third-order valence-electron chi connectivity index (χ3n) is 5.43.